The predicted octanol–water partition coefficient (Wildman–Crippen LogP) is 2.94. The number of nitrogens with one attached hydrogen (secondary N) is 1. The predicted molar refractivity (Wildman–Crippen MR) is 85.3 cm³/mol. The van der Waals surface area contributed by atoms with Gasteiger partial charge in [-0.05, 0) is 31.4 Å². The fourth-order valence-corrected chi connectivity index (χ4v) is 2.37. The largest absolute Gasteiger partial charge is 0.504 e. The van der Waals surface area contributed by atoms with Crippen LogP contribution in [0, 0.1) is 0 Å². The summed E-state index contributed by atoms with van der Waals surface area (Å²) in [5.74, 6) is -0.952. The average molecular weight is 348 g/mol. The topological polar surface area (TPSA) is 72.8 Å². The third-order valence-electron chi connectivity index (χ3n) is 3.46. The van der Waals surface area contributed by atoms with E-state index in [0.717, 1.165) is 0 Å². The molecule has 1 atom stereocenters. The Morgan fingerprint density at radius 2 is 1.83 bits per heavy atom. The van der Waals surface area contributed by atoms with Gasteiger partial charge in [0.2, 0.25) is 5.91 Å². The first-order chi connectivity index (χ1) is 11.0. The first kappa shape index (κ1) is 19.9. The highest BCUT2D eigenvalue weighted by atomic mass is 19.4. The minimum absolute atomic E-state index is 0.189. The third-order valence-corrected chi connectivity index (χ3v) is 3.46. The smallest absolute Gasteiger partial charge is 0.389 e. The monoisotopic (exact) mass is 348 g/mol. The maximum atomic E-state index is 12.1. The maximum Gasteiger partial charge on any atom is 0.389 e. The molecule has 1 rings (SSSR count). The number of rotatable bonds is 7. The number of hydrogen-bond donors (Lipinski definition) is 3. The van der Waals surface area contributed by atoms with Crippen molar-refractivity contribution in [2.75, 3.05) is 19.0 Å². The molecule has 1 aromatic rings. The van der Waals surface area contributed by atoms with Gasteiger partial charge in [0, 0.05) is 44.7 Å². The molecule has 0 aliphatic rings. The summed E-state index contributed by atoms with van der Waals surface area (Å²) in [5.41, 5.74) is 1.39. The number of phenols is 2. The Kier molecular flexibility index (Phi) is 6.74. The molecule has 0 bridgehead atoms. The Morgan fingerprint density at radius 3 is 2.38 bits per heavy atom. The van der Waals surface area contributed by atoms with Crippen molar-refractivity contribution in [3.8, 4) is 11.5 Å². The number of halogens is 3. The summed E-state index contributed by atoms with van der Waals surface area (Å²) in [6.07, 6.45) is -5.30. The Morgan fingerprint density at radius 1 is 1.25 bits per heavy atom. The normalized spacial score (nSPS) is 12.8. The molecular formula is C16H23F3N2O3. The van der Waals surface area contributed by atoms with Crippen molar-refractivity contribution in [1.29, 1.82) is 0 Å². The summed E-state index contributed by atoms with van der Waals surface area (Å²) in [5, 5.41) is 21.9. The Labute approximate surface area is 139 Å². The molecule has 0 aromatic heterocycles. The molecule has 1 amide bonds. The molecule has 136 valence electrons. The zero-order valence-corrected chi connectivity index (χ0v) is 13.9. The Hall–Kier alpha value is -2.12. The van der Waals surface area contributed by atoms with Crippen LogP contribution in [0.5, 0.6) is 11.5 Å². The lowest BCUT2D eigenvalue weighted by Crippen LogP contribution is -2.34. The zero-order chi connectivity index (χ0) is 18.5. The maximum absolute atomic E-state index is 12.1. The van der Waals surface area contributed by atoms with Crippen molar-refractivity contribution in [2.45, 2.75) is 44.8 Å². The third kappa shape index (κ3) is 6.55. The second kappa shape index (κ2) is 8.12. The van der Waals surface area contributed by atoms with Crippen LogP contribution in [-0.4, -0.2) is 42.4 Å². The Bertz CT molecular complexity index is 574. The van der Waals surface area contributed by atoms with Crippen molar-refractivity contribution in [3.05, 3.63) is 17.7 Å². The van der Waals surface area contributed by atoms with Gasteiger partial charge in [-0.3, -0.25) is 4.79 Å². The van der Waals surface area contributed by atoms with Gasteiger partial charge in [-0.2, -0.15) is 13.2 Å². The first-order valence-electron chi connectivity index (χ1n) is 7.58. The van der Waals surface area contributed by atoms with E-state index in [1.807, 2.05) is 0 Å². The number of carbonyl (C=O) groups excluding carboxylic acids is 1. The van der Waals surface area contributed by atoms with E-state index in [0.29, 0.717) is 17.7 Å². The van der Waals surface area contributed by atoms with E-state index in [2.05, 4.69) is 5.32 Å². The van der Waals surface area contributed by atoms with Gasteiger partial charge >= 0.3 is 6.18 Å². The number of carbonyl (C=O) groups is 1. The van der Waals surface area contributed by atoms with Crippen LogP contribution in [0.3, 0.4) is 0 Å². The molecule has 0 aliphatic carbocycles. The summed E-state index contributed by atoms with van der Waals surface area (Å²) in [6, 6.07) is 2.51. The fourth-order valence-electron chi connectivity index (χ4n) is 2.37. The van der Waals surface area contributed by atoms with E-state index in [4.69, 9.17) is 0 Å². The molecular weight excluding hydrogens is 325 g/mol. The molecule has 0 spiro atoms. The van der Waals surface area contributed by atoms with E-state index in [-0.39, 0.29) is 30.4 Å². The summed E-state index contributed by atoms with van der Waals surface area (Å²) < 4.78 is 36.2. The van der Waals surface area contributed by atoms with E-state index >= 15 is 0 Å². The minimum Gasteiger partial charge on any atom is -0.504 e. The Balaban J connectivity index is 2.63. The van der Waals surface area contributed by atoms with Crippen LogP contribution < -0.4 is 10.2 Å². The summed E-state index contributed by atoms with van der Waals surface area (Å²) in [4.78, 5) is 13.4. The lowest BCUT2D eigenvalue weighted by Gasteiger charge is -2.21. The minimum atomic E-state index is -4.25. The van der Waals surface area contributed by atoms with E-state index in [1.54, 1.807) is 25.9 Å². The standard InChI is InChI=1S/C16H23F3N2O3/c1-10(20-15(24)5-4-6-16(17,18)19)7-11-8-13(22)14(23)9-12(11)21(2)3/h8-10,22-23H,4-7H2,1-3H3,(H,20,24). The number of benzene rings is 1. The van der Waals surface area contributed by atoms with Crippen molar-refractivity contribution in [1.82, 2.24) is 5.32 Å². The van der Waals surface area contributed by atoms with Crippen LogP contribution in [0.15, 0.2) is 12.1 Å². The molecule has 1 unspecified atom stereocenters. The van der Waals surface area contributed by atoms with E-state index < -0.39 is 18.5 Å². The van der Waals surface area contributed by atoms with Crippen LogP contribution in [0.1, 0.15) is 31.7 Å². The second-order valence-corrected chi connectivity index (χ2v) is 6.01. The number of alkyl halides is 3. The quantitative estimate of drug-likeness (QED) is 0.663. The summed E-state index contributed by atoms with van der Waals surface area (Å²) >= 11 is 0. The highest BCUT2D eigenvalue weighted by Crippen LogP contribution is 2.33. The fraction of sp³-hybridized carbons (Fsp3) is 0.562. The van der Waals surface area contributed by atoms with Gasteiger partial charge in [-0.15, -0.1) is 0 Å². The SMILES string of the molecule is CC(Cc1cc(O)c(O)cc1N(C)C)NC(=O)CCCC(F)(F)F. The molecule has 0 heterocycles. The number of phenolic OH excluding ortho intramolecular Hbond substituents is 2. The van der Waals surface area contributed by atoms with Crippen molar-refractivity contribution in [2.24, 2.45) is 0 Å². The van der Waals surface area contributed by atoms with Gasteiger partial charge in [0.15, 0.2) is 11.5 Å². The molecule has 0 fully saturated rings. The van der Waals surface area contributed by atoms with Crippen molar-refractivity contribution >= 4 is 11.6 Å². The molecule has 0 saturated heterocycles. The van der Waals surface area contributed by atoms with Crippen LogP contribution >= 0.6 is 0 Å². The molecule has 8 heteroatoms. The highest BCUT2D eigenvalue weighted by Gasteiger charge is 2.26. The molecule has 24 heavy (non-hydrogen) atoms. The number of aromatic hydroxyl groups is 2. The summed E-state index contributed by atoms with van der Waals surface area (Å²) in [6.45, 7) is 1.73. The van der Waals surface area contributed by atoms with Gasteiger partial charge in [-0.25, -0.2) is 0 Å². The molecule has 1 aromatic carbocycles. The molecule has 5 nitrogen and oxygen atoms in total. The zero-order valence-electron chi connectivity index (χ0n) is 13.9. The highest BCUT2D eigenvalue weighted by molar-refractivity contribution is 5.76. The van der Waals surface area contributed by atoms with Crippen LogP contribution in [-0.2, 0) is 11.2 Å². The van der Waals surface area contributed by atoms with Crippen LogP contribution in [0.25, 0.3) is 0 Å². The average Bonchev–Trinajstić information content (AvgIpc) is 2.40. The first-order valence-corrected chi connectivity index (χ1v) is 7.58. The van der Waals surface area contributed by atoms with Gasteiger partial charge < -0.3 is 20.4 Å². The van der Waals surface area contributed by atoms with Gasteiger partial charge in [-0.1, -0.05) is 0 Å². The van der Waals surface area contributed by atoms with Gasteiger partial charge in [0.25, 0.3) is 0 Å². The van der Waals surface area contributed by atoms with Gasteiger partial charge in [0.05, 0.1) is 0 Å². The molecule has 0 aliphatic heterocycles. The molecule has 0 radical (unpaired) electrons. The number of nitrogens with zero attached hydrogens (tertiary/aromatic N) is 1. The van der Waals surface area contributed by atoms with Crippen molar-refractivity contribution < 1.29 is 28.2 Å². The number of hydrogen-bond acceptors (Lipinski definition) is 4. The van der Waals surface area contributed by atoms with Crippen LogP contribution in [0.4, 0.5) is 18.9 Å². The molecule has 0 saturated carbocycles. The lowest BCUT2D eigenvalue weighted by atomic mass is 10.0. The van der Waals surface area contributed by atoms with Gasteiger partial charge in [0.1, 0.15) is 0 Å². The summed E-state index contributed by atoms with van der Waals surface area (Å²) in [7, 11) is 3.55. The van der Waals surface area contributed by atoms with Crippen LogP contribution in [0.2, 0.25) is 0 Å². The van der Waals surface area contributed by atoms with E-state index in [1.165, 1.54) is 12.1 Å². The van der Waals surface area contributed by atoms with Crippen molar-refractivity contribution in [3.63, 3.8) is 0 Å². The lowest BCUT2D eigenvalue weighted by molar-refractivity contribution is -0.137. The number of amides is 1. The number of anilines is 1. The molecule has 3 N–H and O–H groups in total. The van der Waals surface area contributed by atoms with E-state index in [9.17, 15) is 28.2 Å². The second-order valence-electron chi connectivity index (χ2n) is 6.01.